The van der Waals surface area contributed by atoms with Crippen LogP contribution in [0.3, 0.4) is 0 Å². The molecule has 0 saturated carbocycles. The number of rotatable bonds is 5. The Morgan fingerprint density at radius 2 is 1.93 bits per heavy atom. The van der Waals surface area contributed by atoms with E-state index in [1.54, 1.807) is 4.90 Å². The number of nitrogens with one attached hydrogen (secondary N) is 1. The number of carbonyl (C=O) groups excluding carboxylic acids is 2. The first-order valence-electron chi connectivity index (χ1n) is 10.5. The molecule has 0 aliphatic carbocycles. The molecule has 5 nitrogen and oxygen atoms in total. The summed E-state index contributed by atoms with van der Waals surface area (Å²) in [4.78, 5) is 31.2. The maximum Gasteiger partial charge on any atom is 0.243 e. The molecule has 1 aromatic carbocycles. The van der Waals surface area contributed by atoms with Gasteiger partial charge in [-0.3, -0.25) is 14.6 Å². The summed E-state index contributed by atoms with van der Waals surface area (Å²) in [5.74, 6) is -0.402. The van der Waals surface area contributed by atoms with Crippen molar-refractivity contribution in [2.75, 3.05) is 6.54 Å². The predicted molar refractivity (Wildman–Crippen MR) is 115 cm³/mol. The lowest BCUT2D eigenvalue weighted by Gasteiger charge is -2.28. The predicted octanol–water partition coefficient (Wildman–Crippen LogP) is 4.49. The Hall–Kier alpha value is -2.76. The van der Waals surface area contributed by atoms with Crippen LogP contribution in [0, 0.1) is 11.2 Å². The summed E-state index contributed by atoms with van der Waals surface area (Å²) in [7, 11) is 0. The van der Waals surface area contributed by atoms with Gasteiger partial charge in [-0.15, -0.1) is 0 Å². The molecular weight excluding hydrogens is 381 g/mol. The summed E-state index contributed by atoms with van der Waals surface area (Å²) in [6, 6.07) is 8.12. The number of nitrogens with zero attached hydrogens (tertiary/aromatic N) is 2. The highest BCUT2D eigenvalue weighted by Crippen LogP contribution is 2.26. The number of halogens is 1. The second-order valence-electron chi connectivity index (χ2n) is 9.19. The van der Waals surface area contributed by atoms with Gasteiger partial charge in [-0.05, 0) is 42.4 Å². The average molecular weight is 412 g/mol. The second-order valence-corrected chi connectivity index (χ2v) is 9.19. The van der Waals surface area contributed by atoms with Gasteiger partial charge >= 0.3 is 0 Å². The summed E-state index contributed by atoms with van der Waals surface area (Å²) >= 11 is 0. The number of carbonyl (C=O) groups is 2. The molecule has 0 bridgehead atoms. The third kappa shape index (κ3) is 5.23. The molecule has 6 heteroatoms. The third-order valence-electron chi connectivity index (χ3n) is 5.41. The van der Waals surface area contributed by atoms with Crippen LogP contribution >= 0.6 is 0 Å². The molecule has 2 amide bonds. The molecule has 2 heterocycles. The van der Waals surface area contributed by atoms with E-state index in [1.165, 1.54) is 18.5 Å². The van der Waals surface area contributed by atoms with Crippen molar-refractivity contribution in [2.45, 2.75) is 59.0 Å². The molecule has 1 N–H and O–H groups in total. The van der Waals surface area contributed by atoms with E-state index < -0.39 is 6.04 Å². The SMILES string of the molecule is CC(NC(=O)C1CCCN1C(=O)CC(C)(C)C)c1ccc(-c2cnccc2F)cc1. The summed E-state index contributed by atoms with van der Waals surface area (Å²) in [5, 5.41) is 3.04. The lowest BCUT2D eigenvalue weighted by molar-refractivity contribution is -0.140. The number of pyridine rings is 1. The van der Waals surface area contributed by atoms with E-state index in [-0.39, 0.29) is 29.1 Å². The van der Waals surface area contributed by atoms with Gasteiger partial charge < -0.3 is 10.2 Å². The van der Waals surface area contributed by atoms with Gasteiger partial charge in [0.25, 0.3) is 0 Å². The fraction of sp³-hybridized carbons (Fsp3) is 0.458. The van der Waals surface area contributed by atoms with E-state index in [0.717, 1.165) is 17.5 Å². The van der Waals surface area contributed by atoms with Crippen LogP contribution in [0.2, 0.25) is 0 Å². The number of amides is 2. The normalized spacial score (nSPS) is 17.6. The molecule has 1 aliphatic rings. The van der Waals surface area contributed by atoms with Gasteiger partial charge in [-0.1, -0.05) is 45.0 Å². The van der Waals surface area contributed by atoms with Gasteiger partial charge in [0.15, 0.2) is 0 Å². The average Bonchev–Trinajstić information content (AvgIpc) is 3.17. The topological polar surface area (TPSA) is 62.3 Å². The molecule has 30 heavy (non-hydrogen) atoms. The highest BCUT2D eigenvalue weighted by Gasteiger charge is 2.35. The molecule has 1 saturated heterocycles. The summed E-state index contributed by atoms with van der Waals surface area (Å²) in [6.45, 7) is 8.62. The molecule has 0 spiro atoms. The van der Waals surface area contributed by atoms with Crippen LogP contribution in [0.4, 0.5) is 4.39 Å². The third-order valence-corrected chi connectivity index (χ3v) is 5.41. The Balaban J connectivity index is 1.65. The van der Waals surface area contributed by atoms with Crippen molar-refractivity contribution in [1.29, 1.82) is 0 Å². The van der Waals surface area contributed by atoms with Gasteiger partial charge in [-0.2, -0.15) is 0 Å². The standard InChI is InChI=1S/C24H30FN3O2/c1-16(17-7-9-18(10-8-17)19-15-26-12-11-20(19)25)27-23(30)21-6-5-13-28(21)22(29)14-24(2,3)4/h7-12,15-16,21H,5-6,13-14H2,1-4H3,(H,27,30). The number of aromatic nitrogens is 1. The first-order chi connectivity index (χ1) is 14.2. The first kappa shape index (κ1) is 21.9. The van der Waals surface area contributed by atoms with Gasteiger partial charge in [-0.25, -0.2) is 4.39 Å². The fourth-order valence-electron chi connectivity index (χ4n) is 3.83. The molecule has 2 unspecified atom stereocenters. The van der Waals surface area contributed by atoms with Crippen LogP contribution in [0.5, 0.6) is 0 Å². The van der Waals surface area contributed by atoms with Crippen LogP contribution in [0.1, 0.15) is 58.6 Å². The maximum atomic E-state index is 14.0. The second kappa shape index (κ2) is 8.94. The summed E-state index contributed by atoms with van der Waals surface area (Å²) in [5.41, 5.74) is 1.99. The van der Waals surface area contributed by atoms with Gasteiger partial charge in [0.2, 0.25) is 11.8 Å². The smallest absolute Gasteiger partial charge is 0.243 e. The number of likely N-dealkylation sites (tertiary alicyclic amines) is 1. The van der Waals surface area contributed by atoms with Crippen LogP contribution < -0.4 is 5.32 Å². The quantitative estimate of drug-likeness (QED) is 0.788. The van der Waals surface area contributed by atoms with E-state index in [1.807, 2.05) is 52.0 Å². The number of benzene rings is 1. The molecule has 2 aromatic rings. The van der Waals surface area contributed by atoms with Crippen LogP contribution in [-0.4, -0.2) is 34.3 Å². The van der Waals surface area contributed by atoms with Crippen LogP contribution in [-0.2, 0) is 9.59 Å². The lowest BCUT2D eigenvalue weighted by atomic mass is 9.91. The van der Waals surface area contributed by atoms with Gasteiger partial charge in [0.05, 0.1) is 6.04 Å². The molecule has 0 radical (unpaired) electrons. The zero-order chi connectivity index (χ0) is 21.9. The minimum Gasteiger partial charge on any atom is -0.348 e. The maximum absolute atomic E-state index is 14.0. The molecular formula is C24H30FN3O2. The molecule has 1 aliphatic heterocycles. The van der Waals surface area contributed by atoms with Crippen LogP contribution in [0.25, 0.3) is 11.1 Å². The van der Waals surface area contributed by atoms with E-state index >= 15 is 0 Å². The zero-order valence-corrected chi connectivity index (χ0v) is 18.1. The van der Waals surface area contributed by atoms with Crippen molar-refractivity contribution in [3.63, 3.8) is 0 Å². The zero-order valence-electron chi connectivity index (χ0n) is 18.1. The lowest BCUT2D eigenvalue weighted by Crippen LogP contribution is -2.47. The fourth-order valence-corrected chi connectivity index (χ4v) is 3.83. The monoisotopic (exact) mass is 411 g/mol. The molecule has 160 valence electrons. The van der Waals surface area contributed by atoms with Crippen molar-refractivity contribution in [2.24, 2.45) is 5.41 Å². The summed E-state index contributed by atoms with van der Waals surface area (Å²) in [6.07, 6.45) is 4.88. The van der Waals surface area contributed by atoms with Crippen molar-refractivity contribution >= 4 is 11.8 Å². The van der Waals surface area contributed by atoms with Crippen LogP contribution in [0.15, 0.2) is 42.7 Å². The minimum atomic E-state index is -0.411. The van der Waals surface area contributed by atoms with Gasteiger partial charge in [0.1, 0.15) is 11.9 Å². The van der Waals surface area contributed by atoms with Gasteiger partial charge in [0, 0.05) is 30.9 Å². The molecule has 3 rings (SSSR count). The number of hydrogen-bond acceptors (Lipinski definition) is 3. The van der Waals surface area contributed by atoms with Crippen molar-refractivity contribution in [3.8, 4) is 11.1 Å². The Bertz CT molecular complexity index is 905. The molecule has 2 atom stereocenters. The molecule has 1 aromatic heterocycles. The Kier molecular flexibility index (Phi) is 6.54. The highest BCUT2D eigenvalue weighted by atomic mass is 19.1. The summed E-state index contributed by atoms with van der Waals surface area (Å²) < 4.78 is 14.0. The van der Waals surface area contributed by atoms with Crippen molar-refractivity contribution in [1.82, 2.24) is 15.2 Å². The van der Waals surface area contributed by atoms with E-state index in [0.29, 0.717) is 24.9 Å². The Labute approximate surface area is 177 Å². The van der Waals surface area contributed by atoms with Crippen molar-refractivity contribution < 1.29 is 14.0 Å². The van der Waals surface area contributed by atoms with E-state index in [2.05, 4.69) is 10.3 Å². The minimum absolute atomic E-state index is 0.0376. The van der Waals surface area contributed by atoms with E-state index in [4.69, 9.17) is 0 Å². The molecule has 1 fully saturated rings. The largest absolute Gasteiger partial charge is 0.348 e. The Morgan fingerprint density at radius 1 is 1.23 bits per heavy atom. The highest BCUT2D eigenvalue weighted by molar-refractivity contribution is 5.88. The Morgan fingerprint density at radius 3 is 2.57 bits per heavy atom. The van der Waals surface area contributed by atoms with E-state index in [9.17, 15) is 14.0 Å². The van der Waals surface area contributed by atoms with Crippen molar-refractivity contribution in [3.05, 3.63) is 54.1 Å². The number of hydrogen-bond donors (Lipinski definition) is 1. The first-order valence-corrected chi connectivity index (χ1v) is 10.5.